The molecule has 0 aliphatic rings. The van der Waals surface area contributed by atoms with E-state index in [4.69, 9.17) is 16.7 Å². The Kier molecular flexibility index (Phi) is 6.25. The lowest BCUT2D eigenvalue weighted by Gasteiger charge is -2.09. The molecular weight excluding hydrogens is 300 g/mol. The normalized spacial score (nSPS) is 10.3. The van der Waals surface area contributed by atoms with E-state index in [1.54, 1.807) is 0 Å². The zero-order valence-corrected chi connectivity index (χ0v) is 12.9. The van der Waals surface area contributed by atoms with E-state index in [-0.39, 0.29) is 12.6 Å². The Bertz CT molecular complexity index is 614. The summed E-state index contributed by atoms with van der Waals surface area (Å²) in [6.07, 6.45) is 0.693. The van der Waals surface area contributed by atoms with Crippen LogP contribution in [-0.4, -0.2) is 17.7 Å². The third kappa shape index (κ3) is 5.06. The highest BCUT2D eigenvalue weighted by atomic mass is 35.5. The summed E-state index contributed by atoms with van der Waals surface area (Å²) in [5.41, 5.74) is 2.86. The molecule has 0 aliphatic carbocycles. The molecule has 2 amide bonds. The Morgan fingerprint density at radius 3 is 2.36 bits per heavy atom. The molecule has 116 valence electrons. The third-order valence-corrected chi connectivity index (χ3v) is 3.67. The number of halogens is 1. The van der Waals surface area contributed by atoms with E-state index in [1.165, 1.54) is 0 Å². The Hall–Kier alpha value is -2.04. The molecule has 3 N–H and O–H groups in total. The molecule has 4 nitrogen and oxygen atoms in total. The van der Waals surface area contributed by atoms with Crippen LogP contribution in [0.3, 0.4) is 0 Å². The summed E-state index contributed by atoms with van der Waals surface area (Å²) in [6, 6.07) is 14.8. The van der Waals surface area contributed by atoms with Crippen molar-refractivity contribution in [1.29, 1.82) is 0 Å². The van der Waals surface area contributed by atoms with Gasteiger partial charge < -0.3 is 15.7 Å². The van der Waals surface area contributed by atoms with Gasteiger partial charge in [0, 0.05) is 18.1 Å². The standard InChI is InChI=1S/C17H19ClN2O2/c18-16-4-2-1-3-15(16)9-10-19-17(22)20-11-13-5-7-14(12-21)8-6-13/h1-8,21H,9-12H2,(H2,19,20,22). The predicted octanol–water partition coefficient (Wildman–Crippen LogP) is 2.87. The number of hydrogen-bond acceptors (Lipinski definition) is 2. The molecule has 0 bridgehead atoms. The van der Waals surface area contributed by atoms with Crippen molar-refractivity contribution in [2.75, 3.05) is 6.54 Å². The van der Waals surface area contributed by atoms with Crippen molar-refractivity contribution in [3.05, 3.63) is 70.2 Å². The second-order valence-corrected chi connectivity index (χ2v) is 5.33. The first-order valence-electron chi connectivity index (χ1n) is 7.13. The van der Waals surface area contributed by atoms with Gasteiger partial charge in [-0.1, -0.05) is 54.1 Å². The van der Waals surface area contributed by atoms with Crippen molar-refractivity contribution in [3.63, 3.8) is 0 Å². The van der Waals surface area contributed by atoms with Gasteiger partial charge in [0.2, 0.25) is 0 Å². The summed E-state index contributed by atoms with van der Waals surface area (Å²) in [7, 11) is 0. The summed E-state index contributed by atoms with van der Waals surface area (Å²) in [5, 5.41) is 15.3. The van der Waals surface area contributed by atoms with Crippen molar-refractivity contribution < 1.29 is 9.90 Å². The van der Waals surface area contributed by atoms with Crippen molar-refractivity contribution in [3.8, 4) is 0 Å². The summed E-state index contributed by atoms with van der Waals surface area (Å²) in [5.74, 6) is 0. The van der Waals surface area contributed by atoms with Gasteiger partial charge >= 0.3 is 6.03 Å². The highest BCUT2D eigenvalue weighted by molar-refractivity contribution is 6.31. The van der Waals surface area contributed by atoms with Crippen LogP contribution in [-0.2, 0) is 19.6 Å². The van der Waals surface area contributed by atoms with E-state index in [0.29, 0.717) is 24.5 Å². The maximum atomic E-state index is 11.7. The number of carbonyl (C=O) groups is 1. The van der Waals surface area contributed by atoms with E-state index in [1.807, 2.05) is 48.5 Å². The van der Waals surface area contributed by atoms with Crippen LogP contribution in [0.2, 0.25) is 5.02 Å². The number of rotatable bonds is 6. The van der Waals surface area contributed by atoms with Gasteiger partial charge in [-0.2, -0.15) is 0 Å². The minimum absolute atomic E-state index is 0.0240. The van der Waals surface area contributed by atoms with Crippen LogP contribution in [0, 0.1) is 0 Å². The number of aliphatic hydroxyl groups is 1. The predicted molar refractivity (Wildman–Crippen MR) is 87.8 cm³/mol. The number of urea groups is 1. The topological polar surface area (TPSA) is 61.4 Å². The highest BCUT2D eigenvalue weighted by Gasteiger charge is 2.02. The fourth-order valence-electron chi connectivity index (χ4n) is 2.02. The first-order valence-corrected chi connectivity index (χ1v) is 7.50. The molecule has 2 aromatic rings. The smallest absolute Gasteiger partial charge is 0.315 e. The van der Waals surface area contributed by atoms with Crippen molar-refractivity contribution in [1.82, 2.24) is 10.6 Å². The minimum atomic E-state index is -0.210. The number of amides is 2. The lowest BCUT2D eigenvalue weighted by atomic mass is 10.1. The minimum Gasteiger partial charge on any atom is -0.392 e. The molecule has 2 aromatic carbocycles. The largest absolute Gasteiger partial charge is 0.392 e. The van der Waals surface area contributed by atoms with Crippen LogP contribution in [0.1, 0.15) is 16.7 Å². The molecule has 0 saturated carbocycles. The van der Waals surface area contributed by atoms with Crippen LogP contribution < -0.4 is 10.6 Å². The first-order chi connectivity index (χ1) is 10.7. The molecule has 5 heteroatoms. The summed E-state index contributed by atoms with van der Waals surface area (Å²) >= 11 is 6.06. The van der Waals surface area contributed by atoms with Gasteiger partial charge in [-0.05, 0) is 29.2 Å². The van der Waals surface area contributed by atoms with Crippen molar-refractivity contribution >= 4 is 17.6 Å². The molecule has 0 fully saturated rings. The molecule has 0 heterocycles. The van der Waals surface area contributed by atoms with Gasteiger partial charge in [0.25, 0.3) is 0 Å². The highest BCUT2D eigenvalue weighted by Crippen LogP contribution is 2.14. The van der Waals surface area contributed by atoms with E-state index < -0.39 is 0 Å². The summed E-state index contributed by atoms with van der Waals surface area (Å²) in [6.45, 7) is 0.999. The molecule has 0 saturated heterocycles. The van der Waals surface area contributed by atoms with E-state index in [9.17, 15) is 4.79 Å². The van der Waals surface area contributed by atoms with Gasteiger partial charge in [-0.3, -0.25) is 0 Å². The molecule has 0 aliphatic heterocycles. The first kappa shape index (κ1) is 16.3. The molecule has 0 unspecified atom stereocenters. The average Bonchev–Trinajstić information content (AvgIpc) is 2.55. The number of carbonyl (C=O) groups excluding carboxylic acids is 1. The van der Waals surface area contributed by atoms with Gasteiger partial charge in [0.1, 0.15) is 0 Å². The second-order valence-electron chi connectivity index (χ2n) is 4.93. The zero-order valence-electron chi connectivity index (χ0n) is 12.2. The molecule has 0 atom stereocenters. The maximum absolute atomic E-state index is 11.7. The average molecular weight is 319 g/mol. The SMILES string of the molecule is O=C(NCCc1ccccc1Cl)NCc1ccc(CO)cc1. The molecule has 0 spiro atoms. The van der Waals surface area contributed by atoms with Gasteiger partial charge in [0.05, 0.1) is 6.61 Å². The van der Waals surface area contributed by atoms with E-state index in [0.717, 1.165) is 16.7 Å². The van der Waals surface area contributed by atoms with Crippen LogP contribution >= 0.6 is 11.6 Å². The fourth-order valence-corrected chi connectivity index (χ4v) is 2.25. The van der Waals surface area contributed by atoms with Crippen molar-refractivity contribution in [2.24, 2.45) is 0 Å². The molecular formula is C17H19ClN2O2. The van der Waals surface area contributed by atoms with Crippen LogP contribution in [0.25, 0.3) is 0 Å². The molecule has 22 heavy (non-hydrogen) atoms. The van der Waals surface area contributed by atoms with Crippen LogP contribution in [0.15, 0.2) is 48.5 Å². The second kappa shape index (κ2) is 8.41. The fraction of sp³-hybridized carbons (Fsp3) is 0.235. The molecule has 0 aromatic heterocycles. The Morgan fingerprint density at radius 1 is 1.00 bits per heavy atom. The zero-order chi connectivity index (χ0) is 15.8. The monoisotopic (exact) mass is 318 g/mol. The number of nitrogens with one attached hydrogen (secondary N) is 2. The molecule has 0 radical (unpaired) electrons. The van der Waals surface area contributed by atoms with Gasteiger partial charge in [-0.25, -0.2) is 4.79 Å². The van der Waals surface area contributed by atoms with E-state index >= 15 is 0 Å². The Morgan fingerprint density at radius 2 is 1.68 bits per heavy atom. The number of hydrogen-bond donors (Lipinski definition) is 3. The Labute approximate surface area is 135 Å². The lowest BCUT2D eigenvalue weighted by molar-refractivity contribution is 0.240. The molecule has 2 rings (SSSR count). The lowest BCUT2D eigenvalue weighted by Crippen LogP contribution is -2.36. The Balaban J connectivity index is 1.70. The third-order valence-electron chi connectivity index (χ3n) is 3.30. The maximum Gasteiger partial charge on any atom is 0.315 e. The van der Waals surface area contributed by atoms with E-state index in [2.05, 4.69) is 10.6 Å². The van der Waals surface area contributed by atoms with Crippen LogP contribution in [0.4, 0.5) is 4.79 Å². The summed E-state index contributed by atoms with van der Waals surface area (Å²) < 4.78 is 0. The number of benzene rings is 2. The summed E-state index contributed by atoms with van der Waals surface area (Å²) in [4.78, 5) is 11.7. The van der Waals surface area contributed by atoms with Crippen molar-refractivity contribution in [2.45, 2.75) is 19.6 Å². The quantitative estimate of drug-likeness (QED) is 0.767. The van der Waals surface area contributed by atoms with Crippen LogP contribution in [0.5, 0.6) is 0 Å². The van der Waals surface area contributed by atoms with Gasteiger partial charge in [0.15, 0.2) is 0 Å². The number of aliphatic hydroxyl groups excluding tert-OH is 1. The van der Waals surface area contributed by atoms with Gasteiger partial charge in [-0.15, -0.1) is 0 Å².